The summed E-state index contributed by atoms with van der Waals surface area (Å²) in [6, 6.07) is 13.1. The fraction of sp³-hybridized carbons (Fsp3) is 0.515. The number of aliphatic hydroxyl groups excluding tert-OH is 1. The van der Waals surface area contributed by atoms with Gasteiger partial charge in [-0.25, -0.2) is 13.2 Å². The van der Waals surface area contributed by atoms with Crippen LogP contribution in [0, 0.1) is 11.8 Å². The predicted octanol–water partition coefficient (Wildman–Crippen LogP) is 3.81. The monoisotopic (exact) mass is 656 g/mol. The van der Waals surface area contributed by atoms with Gasteiger partial charge in [-0.3, -0.25) is 4.99 Å². The second-order valence-corrected chi connectivity index (χ2v) is 14.2. The number of nitrogens with zero attached hydrogens (tertiary/aromatic N) is 2. The highest BCUT2D eigenvalue weighted by atomic mass is 32.2. The maximum atomic E-state index is 14.2. The molecule has 12 nitrogen and oxygen atoms in total. The first-order valence-corrected chi connectivity index (χ1v) is 17.2. The van der Waals surface area contributed by atoms with Crippen LogP contribution < -0.4 is 5.32 Å². The van der Waals surface area contributed by atoms with E-state index in [2.05, 4.69) is 15.3 Å². The Morgan fingerprint density at radius 1 is 1.17 bits per heavy atom. The molecule has 3 heterocycles. The van der Waals surface area contributed by atoms with Gasteiger partial charge < -0.3 is 34.7 Å². The van der Waals surface area contributed by atoms with Crippen LogP contribution in [0.4, 0.5) is 4.79 Å². The van der Waals surface area contributed by atoms with Crippen LogP contribution in [0.3, 0.4) is 0 Å². The summed E-state index contributed by atoms with van der Waals surface area (Å²) in [5.41, 5.74) is 2.45. The van der Waals surface area contributed by atoms with E-state index in [0.29, 0.717) is 35.3 Å². The highest BCUT2D eigenvalue weighted by Crippen LogP contribution is 2.33. The zero-order chi connectivity index (χ0) is 33.0. The van der Waals surface area contributed by atoms with Crippen molar-refractivity contribution in [3.8, 4) is 5.88 Å². The number of amides is 1. The third-order valence-corrected chi connectivity index (χ3v) is 10.2. The number of benzene rings is 2. The van der Waals surface area contributed by atoms with Gasteiger partial charge in [0, 0.05) is 36.2 Å². The number of sulfonamides is 1. The minimum absolute atomic E-state index is 0.0129. The Morgan fingerprint density at radius 2 is 1.93 bits per heavy atom. The summed E-state index contributed by atoms with van der Waals surface area (Å²) in [6.07, 6.45) is -1.88. The molecule has 46 heavy (non-hydrogen) atoms. The van der Waals surface area contributed by atoms with Gasteiger partial charge in [-0.05, 0) is 56.4 Å². The van der Waals surface area contributed by atoms with E-state index in [1.807, 2.05) is 51.1 Å². The van der Waals surface area contributed by atoms with Crippen LogP contribution in [0.15, 0.2) is 58.4 Å². The molecule has 0 radical (unpaired) electrons. The summed E-state index contributed by atoms with van der Waals surface area (Å²) in [5.74, 6) is -0.201. The molecule has 250 valence electrons. The molecule has 2 saturated heterocycles. The van der Waals surface area contributed by atoms with Crippen molar-refractivity contribution in [2.24, 2.45) is 16.8 Å². The number of alkyl carbamates (subject to hydrolysis) is 1. The summed E-state index contributed by atoms with van der Waals surface area (Å²) >= 11 is 0. The SMILES string of the molecule is CCN=C(C)c1c(O)[nH]c2ccc(S(=O)(=O)N(CC(C)C)CC(O)C(Cc3ccccc3)NC(=O)OC3COC4OCCC34)cc12. The summed E-state index contributed by atoms with van der Waals surface area (Å²) in [6.45, 7) is 8.56. The molecule has 2 aliphatic rings. The average Bonchev–Trinajstić information content (AvgIpc) is 3.71. The van der Waals surface area contributed by atoms with Crippen LogP contribution in [0.5, 0.6) is 5.88 Å². The smallest absolute Gasteiger partial charge is 0.407 e. The number of rotatable bonds is 13. The minimum Gasteiger partial charge on any atom is -0.494 e. The van der Waals surface area contributed by atoms with Crippen molar-refractivity contribution >= 4 is 32.7 Å². The Kier molecular flexibility index (Phi) is 10.7. The highest BCUT2D eigenvalue weighted by molar-refractivity contribution is 7.89. The molecule has 0 bridgehead atoms. The van der Waals surface area contributed by atoms with E-state index in [-0.39, 0.29) is 55.0 Å². The van der Waals surface area contributed by atoms with Gasteiger partial charge in [0.1, 0.15) is 6.10 Å². The first-order valence-electron chi connectivity index (χ1n) is 15.8. The van der Waals surface area contributed by atoms with Crippen molar-refractivity contribution in [1.82, 2.24) is 14.6 Å². The van der Waals surface area contributed by atoms with Crippen molar-refractivity contribution in [2.45, 2.75) is 70.0 Å². The van der Waals surface area contributed by atoms with Crippen molar-refractivity contribution in [1.29, 1.82) is 0 Å². The van der Waals surface area contributed by atoms with Gasteiger partial charge in [0.05, 0.1) is 41.7 Å². The molecule has 5 atom stereocenters. The zero-order valence-corrected chi connectivity index (χ0v) is 27.5. The van der Waals surface area contributed by atoms with Gasteiger partial charge in [0.25, 0.3) is 0 Å². The molecule has 2 fully saturated rings. The lowest BCUT2D eigenvalue weighted by Gasteiger charge is -2.31. The van der Waals surface area contributed by atoms with E-state index in [9.17, 15) is 23.4 Å². The minimum atomic E-state index is -4.13. The molecular formula is C33H44N4O8S. The van der Waals surface area contributed by atoms with Crippen molar-refractivity contribution in [2.75, 3.05) is 32.8 Å². The third kappa shape index (κ3) is 7.55. The Hall–Kier alpha value is -3.49. The first-order chi connectivity index (χ1) is 22.0. The predicted molar refractivity (Wildman–Crippen MR) is 173 cm³/mol. The van der Waals surface area contributed by atoms with Crippen molar-refractivity contribution in [3.63, 3.8) is 0 Å². The number of aromatic amines is 1. The van der Waals surface area contributed by atoms with Crippen LogP contribution in [0.25, 0.3) is 10.9 Å². The fourth-order valence-electron chi connectivity index (χ4n) is 6.18. The zero-order valence-electron chi connectivity index (χ0n) is 26.7. The van der Waals surface area contributed by atoms with Crippen LogP contribution >= 0.6 is 0 Å². The van der Waals surface area contributed by atoms with Crippen molar-refractivity contribution in [3.05, 3.63) is 59.7 Å². The lowest BCUT2D eigenvalue weighted by molar-refractivity contribution is -0.0907. The van der Waals surface area contributed by atoms with Gasteiger partial charge in [-0.15, -0.1) is 0 Å². The van der Waals surface area contributed by atoms with Gasteiger partial charge in [-0.2, -0.15) is 4.31 Å². The number of hydrogen-bond donors (Lipinski definition) is 4. The number of ether oxygens (including phenoxy) is 3. The number of aromatic nitrogens is 1. The fourth-order valence-corrected chi connectivity index (χ4v) is 7.83. The number of carbonyl (C=O) groups excluding carboxylic acids is 1. The Morgan fingerprint density at radius 3 is 2.65 bits per heavy atom. The molecule has 1 aromatic heterocycles. The first kappa shape index (κ1) is 33.9. The Labute approximate surface area is 269 Å². The van der Waals surface area contributed by atoms with Crippen LogP contribution in [-0.4, -0.2) is 97.1 Å². The van der Waals surface area contributed by atoms with E-state index in [4.69, 9.17) is 14.2 Å². The number of fused-ring (bicyclic) bond motifs is 2. The molecule has 2 aliphatic heterocycles. The van der Waals surface area contributed by atoms with Crippen LogP contribution in [0.1, 0.15) is 45.2 Å². The number of aromatic hydroxyl groups is 1. The standard InChI is InChI=1S/C33H44N4O8S/c1-5-34-21(4)30-25-16-23(11-12-26(25)35-31(30)39)46(41,42)37(17-20(2)3)18-28(38)27(15-22-9-7-6-8-10-22)36-33(40)45-29-19-44-32-24(29)13-14-43-32/h6-12,16,20,24,27-29,32,35,38-39H,5,13-15,17-19H2,1-4H3,(H,36,40). The van der Waals surface area contributed by atoms with Crippen LogP contribution in [0.2, 0.25) is 0 Å². The summed E-state index contributed by atoms with van der Waals surface area (Å²) in [7, 11) is -4.13. The van der Waals surface area contributed by atoms with E-state index < -0.39 is 34.4 Å². The molecule has 3 aromatic rings. The van der Waals surface area contributed by atoms with E-state index in [1.165, 1.54) is 16.4 Å². The maximum Gasteiger partial charge on any atom is 0.407 e. The second kappa shape index (κ2) is 14.5. The number of nitrogens with one attached hydrogen (secondary N) is 2. The molecule has 0 spiro atoms. The van der Waals surface area contributed by atoms with Gasteiger partial charge in [0.2, 0.25) is 10.0 Å². The quantitative estimate of drug-likeness (QED) is 0.202. The lowest BCUT2D eigenvalue weighted by Crippen LogP contribution is -2.51. The molecule has 5 unspecified atom stereocenters. The normalized spacial score (nSPS) is 21.5. The number of aliphatic hydroxyl groups is 1. The molecule has 2 aromatic carbocycles. The third-order valence-electron chi connectivity index (χ3n) is 8.41. The average molecular weight is 657 g/mol. The highest BCUT2D eigenvalue weighted by Gasteiger charge is 2.44. The summed E-state index contributed by atoms with van der Waals surface area (Å²) in [4.78, 5) is 20.4. The van der Waals surface area contributed by atoms with E-state index >= 15 is 0 Å². The Balaban J connectivity index is 1.40. The molecule has 0 aliphatic carbocycles. The van der Waals surface area contributed by atoms with Gasteiger partial charge >= 0.3 is 6.09 Å². The largest absolute Gasteiger partial charge is 0.494 e. The molecule has 0 saturated carbocycles. The topological polar surface area (TPSA) is 163 Å². The number of H-pyrrole nitrogens is 1. The second-order valence-electron chi connectivity index (χ2n) is 12.3. The molecule has 13 heteroatoms. The van der Waals surface area contributed by atoms with E-state index in [0.717, 1.165) is 12.0 Å². The molecule has 5 rings (SSSR count). The summed E-state index contributed by atoms with van der Waals surface area (Å²) < 4.78 is 46.4. The number of aliphatic imine (C=N–C) groups is 1. The molecule has 4 N–H and O–H groups in total. The molecule has 1 amide bonds. The number of carbonyl (C=O) groups is 1. The van der Waals surface area contributed by atoms with E-state index in [1.54, 1.807) is 13.0 Å². The lowest BCUT2D eigenvalue weighted by atomic mass is 10.0. The Bertz CT molecular complexity index is 1640. The molecular weight excluding hydrogens is 612 g/mol. The maximum absolute atomic E-state index is 14.2. The van der Waals surface area contributed by atoms with Gasteiger partial charge in [-0.1, -0.05) is 44.2 Å². The van der Waals surface area contributed by atoms with Crippen molar-refractivity contribution < 1.29 is 37.6 Å². The van der Waals surface area contributed by atoms with Gasteiger partial charge in [0.15, 0.2) is 12.2 Å². The summed E-state index contributed by atoms with van der Waals surface area (Å²) in [5, 5.41) is 25.5. The van der Waals surface area contributed by atoms with Crippen LogP contribution in [-0.2, 0) is 30.7 Å². The number of hydrogen-bond acceptors (Lipinski definition) is 9.